The van der Waals surface area contributed by atoms with Crippen LogP contribution in [-0.2, 0) is 20.0 Å². The highest BCUT2D eigenvalue weighted by Crippen LogP contribution is 2.30. The van der Waals surface area contributed by atoms with E-state index in [0.29, 0.717) is 18.5 Å². The third-order valence-electron chi connectivity index (χ3n) is 4.35. The molecule has 23 heavy (non-hydrogen) atoms. The van der Waals surface area contributed by atoms with E-state index in [2.05, 4.69) is 9.97 Å². The van der Waals surface area contributed by atoms with Gasteiger partial charge in [-0.05, 0) is 12.9 Å². The van der Waals surface area contributed by atoms with Crippen molar-refractivity contribution in [2.75, 3.05) is 6.54 Å². The third-order valence-corrected chi connectivity index (χ3v) is 4.35. The van der Waals surface area contributed by atoms with Gasteiger partial charge in [0.1, 0.15) is 1.37 Å². The quantitative estimate of drug-likeness (QED) is 0.783. The number of rotatable bonds is 2. The molecule has 1 aliphatic rings. The number of aromatic nitrogens is 3. The number of hydrogen-bond acceptors (Lipinski definition) is 2. The number of halogens is 1. The van der Waals surface area contributed by atoms with E-state index in [9.17, 15) is 4.79 Å². The van der Waals surface area contributed by atoms with Crippen LogP contribution in [0.4, 0.5) is 0 Å². The lowest BCUT2D eigenvalue weighted by atomic mass is 10.0. The molecule has 1 aliphatic heterocycles. The third kappa shape index (κ3) is 2.32. The Balaban J connectivity index is 0.00000210. The molecule has 2 aromatic heterocycles. The van der Waals surface area contributed by atoms with Crippen molar-refractivity contribution in [1.82, 2.24) is 19.4 Å². The molecule has 3 aromatic rings. The lowest BCUT2D eigenvalue weighted by Gasteiger charge is -2.27. The van der Waals surface area contributed by atoms with Gasteiger partial charge in [0.15, 0.2) is 0 Å². The molecule has 120 valence electrons. The van der Waals surface area contributed by atoms with Crippen molar-refractivity contribution in [2.45, 2.75) is 19.8 Å². The minimum absolute atomic E-state index is 0. The highest BCUT2D eigenvalue weighted by molar-refractivity contribution is 6.09. The Bertz CT molecular complexity index is 1020. The molecule has 0 unspecified atom stereocenters. The van der Waals surface area contributed by atoms with Crippen LogP contribution in [0.3, 0.4) is 0 Å². The molecule has 0 saturated carbocycles. The van der Waals surface area contributed by atoms with Crippen molar-refractivity contribution in [3.8, 4) is 0 Å². The number of carbonyl (C=O) groups excluding carboxylic acids is 1. The average molecular weight is 335 g/mol. The molecule has 0 spiro atoms. The fourth-order valence-electron chi connectivity index (χ4n) is 3.20. The number of hydrogen-bond donors (Lipinski definition) is 1. The predicted octanol–water partition coefficient (Wildman–Crippen LogP) is 2.83. The molecule has 0 saturated heterocycles. The number of aryl methyl sites for hydroxylation is 2. The summed E-state index contributed by atoms with van der Waals surface area (Å²) >= 11 is 0. The van der Waals surface area contributed by atoms with E-state index in [0.717, 1.165) is 16.6 Å². The standard InChI is InChI=1S/C17H18N4O.ClH/c1-11-13(19-10-18-11)9-21-8-7-15-16(17(21)22)12-5-3-4-6-14(12)20(15)2;/h3-6,10H,7-9H2,1-2H3,(H,18,19);1H/i1D3,10D;. The number of H-pyrrole nitrogens is 1. The summed E-state index contributed by atoms with van der Waals surface area (Å²) in [6.07, 6.45) is 0.481. The maximum Gasteiger partial charge on any atom is 0.256 e. The molecular formula is C17H19ClN4O. The van der Waals surface area contributed by atoms with E-state index in [-0.39, 0.29) is 42.6 Å². The van der Waals surface area contributed by atoms with Crippen LogP contribution < -0.4 is 0 Å². The fraction of sp³-hybridized carbons (Fsp3) is 0.294. The smallest absolute Gasteiger partial charge is 0.256 e. The average Bonchev–Trinajstić information content (AvgIpc) is 3.09. The largest absolute Gasteiger partial charge is 0.348 e. The molecule has 0 bridgehead atoms. The Hall–Kier alpha value is -2.27. The van der Waals surface area contributed by atoms with Crippen LogP contribution >= 0.6 is 12.4 Å². The van der Waals surface area contributed by atoms with Crippen molar-refractivity contribution in [2.24, 2.45) is 7.05 Å². The van der Waals surface area contributed by atoms with Gasteiger partial charge in [0, 0.05) is 46.4 Å². The van der Waals surface area contributed by atoms with Gasteiger partial charge in [-0.3, -0.25) is 4.79 Å². The van der Waals surface area contributed by atoms with E-state index in [1.165, 1.54) is 0 Å². The maximum absolute atomic E-state index is 13.1. The number of nitrogens with zero attached hydrogens (tertiary/aromatic N) is 3. The van der Waals surface area contributed by atoms with Crippen LogP contribution in [-0.4, -0.2) is 31.9 Å². The molecule has 1 amide bonds. The Labute approximate surface area is 146 Å². The first-order valence-corrected chi connectivity index (χ1v) is 7.19. The van der Waals surface area contributed by atoms with Crippen LogP contribution in [0, 0.1) is 6.85 Å². The fourth-order valence-corrected chi connectivity index (χ4v) is 3.20. The highest BCUT2D eigenvalue weighted by atomic mass is 35.5. The molecule has 5 nitrogen and oxygen atoms in total. The van der Waals surface area contributed by atoms with Crippen LogP contribution in [0.2, 0.25) is 0 Å². The van der Waals surface area contributed by atoms with Crippen molar-refractivity contribution in [3.05, 3.63) is 53.2 Å². The number of imidazole rings is 1. The number of benzene rings is 1. The van der Waals surface area contributed by atoms with Crippen molar-refractivity contribution in [1.29, 1.82) is 0 Å². The first-order valence-electron chi connectivity index (χ1n) is 9.19. The number of aromatic amines is 1. The van der Waals surface area contributed by atoms with Gasteiger partial charge in [0.05, 0.1) is 24.1 Å². The molecule has 0 radical (unpaired) electrons. The Morgan fingerprint density at radius 1 is 1.43 bits per heavy atom. The molecule has 0 fully saturated rings. The van der Waals surface area contributed by atoms with Crippen molar-refractivity contribution >= 4 is 29.2 Å². The molecule has 1 N–H and O–H groups in total. The second kappa shape index (κ2) is 5.74. The summed E-state index contributed by atoms with van der Waals surface area (Å²) in [5.74, 6) is -0.130. The van der Waals surface area contributed by atoms with Crippen molar-refractivity contribution in [3.63, 3.8) is 0 Å². The minimum atomic E-state index is -2.40. The summed E-state index contributed by atoms with van der Waals surface area (Å²) in [6.45, 7) is -1.84. The zero-order valence-corrected chi connectivity index (χ0v) is 13.4. The number of para-hydroxylation sites is 1. The second-order valence-corrected chi connectivity index (χ2v) is 5.54. The molecule has 1 aromatic carbocycles. The highest BCUT2D eigenvalue weighted by Gasteiger charge is 2.30. The van der Waals surface area contributed by atoms with Gasteiger partial charge in [-0.1, -0.05) is 18.2 Å². The van der Waals surface area contributed by atoms with Gasteiger partial charge >= 0.3 is 0 Å². The van der Waals surface area contributed by atoms with Crippen LogP contribution in [0.1, 0.15) is 32.9 Å². The Morgan fingerprint density at radius 3 is 3.09 bits per heavy atom. The molecule has 3 heterocycles. The Morgan fingerprint density at radius 2 is 2.26 bits per heavy atom. The second-order valence-electron chi connectivity index (χ2n) is 5.54. The molecule has 0 atom stereocenters. The molecule has 4 rings (SSSR count). The first-order chi connectivity index (χ1) is 12.3. The van der Waals surface area contributed by atoms with Gasteiger partial charge in [-0.25, -0.2) is 4.98 Å². The van der Waals surface area contributed by atoms with Gasteiger partial charge in [-0.2, -0.15) is 0 Å². The van der Waals surface area contributed by atoms with Gasteiger partial charge < -0.3 is 14.5 Å². The summed E-state index contributed by atoms with van der Waals surface area (Å²) in [5, 5.41) is 0.902. The van der Waals surface area contributed by atoms with Gasteiger partial charge in [-0.15, -0.1) is 12.4 Å². The molecular weight excluding hydrogens is 312 g/mol. The van der Waals surface area contributed by atoms with E-state index in [4.69, 9.17) is 5.48 Å². The van der Waals surface area contributed by atoms with E-state index in [1.54, 1.807) is 4.90 Å². The summed E-state index contributed by atoms with van der Waals surface area (Å²) in [5.41, 5.74) is 2.83. The van der Waals surface area contributed by atoms with E-state index >= 15 is 0 Å². The van der Waals surface area contributed by atoms with Crippen LogP contribution in [0.5, 0.6) is 0 Å². The maximum atomic E-state index is 13.1. The summed E-state index contributed by atoms with van der Waals surface area (Å²) in [7, 11) is 1.96. The Kier molecular flexibility index (Phi) is 2.82. The lowest BCUT2D eigenvalue weighted by Crippen LogP contribution is -2.37. The van der Waals surface area contributed by atoms with Crippen LogP contribution in [0.25, 0.3) is 10.9 Å². The zero-order valence-electron chi connectivity index (χ0n) is 16.6. The van der Waals surface area contributed by atoms with Gasteiger partial charge in [0.2, 0.25) is 0 Å². The molecule has 0 aliphatic carbocycles. The molecule has 6 heteroatoms. The minimum Gasteiger partial charge on any atom is -0.348 e. The predicted molar refractivity (Wildman–Crippen MR) is 91.9 cm³/mol. The van der Waals surface area contributed by atoms with Gasteiger partial charge in [0.25, 0.3) is 5.91 Å². The SMILES string of the molecule is Cl.[2H]c1nc(CN2CCc3c(c4ccccc4n3C)C2=O)c(C([2H])([2H])[2H])[nH]1. The van der Waals surface area contributed by atoms with E-state index in [1.807, 2.05) is 35.9 Å². The summed E-state index contributed by atoms with van der Waals surface area (Å²) < 4.78 is 32.4. The normalized spacial score (nSPS) is 17.1. The number of amides is 1. The number of carbonyl (C=O) groups is 1. The van der Waals surface area contributed by atoms with E-state index < -0.39 is 6.85 Å². The van der Waals surface area contributed by atoms with Crippen molar-refractivity contribution < 1.29 is 10.3 Å². The monoisotopic (exact) mass is 334 g/mol. The lowest BCUT2D eigenvalue weighted by molar-refractivity contribution is 0.0725. The number of nitrogens with one attached hydrogen (secondary N) is 1. The zero-order chi connectivity index (χ0) is 18.6. The topological polar surface area (TPSA) is 53.9 Å². The van der Waals surface area contributed by atoms with Crippen LogP contribution in [0.15, 0.2) is 30.6 Å². The first kappa shape index (κ1) is 11.3. The number of fused-ring (bicyclic) bond motifs is 3. The summed E-state index contributed by atoms with van der Waals surface area (Å²) in [4.78, 5) is 21.2. The summed E-state index contributed by atoms with van der Waals surface area (Å²) in [6, 6.07) is 7.76.